The fourth-order valence-electron chi connectivity index (χ4n) is 4.08. The zero-order chi connectivity index (χ0) is 21.9. The van der Waals surface area contributed by atoms with Crippen LogP contribution in [0.1, 0.15) is 11.8 Å². The number of pyridine rings is 1. The van der Waals surface area contributed by atoms with Gasteiger partial charge in [-0.15, -0.1) is 0 Å². The van der Waals surface area contributed by atoms with E-state index in [9.17, 15) is 20.1 Å². The Morgan fingerprint density at radius 3 is 2.55 bits per heavy atom. The molecule has 3 aliphatic heterocycles. The van der Waals surface area contributed by atoms with Crippen LogP contribution < -0.4 is 5.56 Å². The Bertz CT molecular complexity index is 1300. The van der Waals surface area contributed by atoms with Crippen LogP contribution in [-0.2, 0) is 4.74 Å². The molecule has 3 heterocycles. The molecule has 0 aliphatic carbocycles. The van der Waals surface area contributed by atoms with Gasteiger partial charge in [0.25, 0.3) is 5.56 Å². The number of ether oxygens (including phenoxy) is 1. The third-order valence-corrected chi connectivity index (χ3v) is 6.22. The molecule has 31 heavy (non-hydrogen) atoms. The molecular formula is C22H20BrN3O5. The molecule has 160 valence electrons. The summed E-state index contributed by atoms with van der Waals surface area (Å²) in [6, 6.07) is 13.0. The molecular weight excluding hydrogens is 466 g/mol. The molecule has 5 rings (SSSR count). The van der Waals surface area contributed by atoms with Crippen molar-refractivity contribution in [2.24, 2.45) is 0 Å². The van der Waals surface area contributed by atoms with Crippen LogP contribution in [0.3, 0.4) is 0 Å². The third kappa shape index (κ3) is 3.20. The van der Waals surface area contributed by atoms with Crippen molar-refractivity contribution in [3.05, 3.63) is 69.1 Å². The fourth-order valence-corrected chi connectivity index (χ4v) is 4.35. The Morgan fingerprint density at radius 1 is 1.13 bits per heavy atom. The summed E-state index contributed by atoms with van der Waals surface area (Å²) in [7, 11) is 0. The Labute approximate surface area is 185 Å². The molecule has 2 aromatic carbocycles. The predicted octanol–water partition coefficient (Wildman–Crippen LogP) is 1.97. The number of rotatable bonds is 3. The first-order valence-corrected chi connectivity index (χ1v) is 10.6. The van der Waals surface area contributed by atoms with E-state index in [0.717, 1.165) is 15.4 Å². The van der Waals surface area contributed by atoms with Crippen molar-refractivity contribution >= 4 is 26.8 Å². The quantitative estimate of drug-likeness (QED) is 0.409. The average Bonchev–Trinajstić information content (AvgIpc) is 3.25. The van der Waals surface area contributed by atoms with E-state index in [1.807, 2.05) is 37.3 Å². The van der Waals surface area contributed by atoms with Gasteiger partial charge in [0.15, 0.2) is 6.23 Å². The molecule has 1 fully saturated rings. The van der Waals surface area contributed by atoms with E-state index in [1.165, 1.54) is 4.68 Å². The number of aryl methyl sites for hydroxylation is 1. The highest BCUT2D eigenvalue weighted by molar-refractivity contribution is 9.10. The van der Waals surface area contributed by atoms with Crippen molar-refractivity contribution in [1.82, 2.24) is 14.3 Å². The highest BCUT2D eigenvalue weighted by atomic mass is 79.9. The molecule has 0 unspecified atom stereocenters. The lowest BCUT2D eigenvalue weighted by atomic mass is 10.0. The summed E-state index contributed by atoms with van der Waals surface area (Å²) in [5, 5.41) is 35.6. The minimum Gasteiger partial charge on any atom is -0.394 e. The minimum atomic E-state index is -1.26. The van der Waals surface area contributed by atoms with E-state index in [1.54, 1.807) is 22.9 Å². The first kappa shape index (κ1) is 20.3. The average molecular weight is 486 g/mol. The number of nitrogens with zero attached hydrogens (tertiary/aromatic N) is 3. The van der Waals surface area contributed by atoms with Gasteiger partial charge in [0, 0.05) is 16.1 Å². The highest BCUT2D eigenvalue weighted by Crippen LogP contribution is 2.36. The van der Waals surface area contributed by atoms with Crippen molar-refractivity contribution in [1.29, 1.82) is 0 Å². The zero-order valence-corrected chi connectivity index (χ0v) is 18.1. The van der Waals surface area contributed by atoms with E-state index in [0.29, 0.717) is 22.5 Å². The molecule has 0 amide bonds. The summed E-state index contributed by atoms with van der Waals surface area (Å²) in [4.78, 5) is 13.3. The summed E-state index contributed by atoms with van der Waals surface area (Å²) in [5.41, 5.74) is 2.89. The lowest BCUT2D eigenvalue weighted by Crippen LogP contribution is -2.33. The van der Waals surface area contributed by atoms with Crippen molar-refractivity contribution in [2.45, 2.75) is 31.5 Å². The number of fused-ring (bicyclic) bond motifs is 3. The number of hydrogen-bond acceptors (Lipinski definition) is 6. The van der Waals surface area contributed by atoms with Crippen LogP contribution in [0.25, 0.3) is 27.8 Å². The summed E-state index contributed by atoms with van der Waals surface area (Å²) < 4.78 is 9.61. The van der Waals surface area contributed by atoms with Gasteiger partial charge in [-0.25, -0.2) is 0 Å². The Kier molecular flexibility index (Phi) is 4.95. The van der Waals surface area contributed by atoms with Crippen LogP contribution in [0.2, 0.25) is 0 Å². The normalized spacial score (nSPS) is 23.8. The van der Waals surface area contributed by atoms with E-state index in [2.05, 4.69) is 21.0 Å². The topological polar surface area (TPSA) is 110 Å². The predicted molar refractivity (Wildman–Crippen MR) is 117 cm³/mol. The van der Waals surface area contributed by atoms with Gasteiger partial charge in [0.05, 0.1) is 23.4 Å². The van der Waals surface area contributed by atoms with Crippen molar-refractivity contribution < 1.29 is 20.1 Å². The number of hydrogen-bond donors (Lipinski definition) is 3. The molecule has 3 aliphatic rings. The van der Waals surface area contributed by atoms with Gasteiger partial charge in [-0.2, -0.15) is 9.78 Å². The van der Waals surface area contributed by atoms with Crippen LogP contribution in [-0.4, -0.2) is 54.6 Å². The van der Waals surface area contributed by atoms with Crippen molar-refractivity contribution in [2.75, 3.05) is 6.61 Å². The lowest BCUT2D eigenvalue weighted by Gasteiger charge is -2.22. The molecule has 0 saturated carbocycles. The maximum atomic E-state index is 13.3. The Morgan fingerprint density at radius 2 is 1.87 bits per heavy atom. The molecule has 0 aromatic heterocycles. The minimum absolute atomic E-state index is 0.304. The monoisotopic (exact) mass is 485 g/mol. The van der Waals surface area contributed by atoms with Crippen LogP contribution in [0, 0.1) is 6.92 Å². The first-order chi connectivity index (χ1) is 14.9. The van der Waals surface area contributed by atoms with Crippen LogP contribution >= 0.6 is 15.9 Å². The second-order valence-corrected chi connectivity index (χ2v) is 8.66. The van der Waals surface area contributed by atoms with E-state index in [-0.39, 0.29) is 5.56 Å². The highest BCUT2D eigenvalue weighted by Gasteiger charge is 2.43. The summed E-state index contributed by atoms with van der Waals surface area (Å²) >= 11 is 3.39. The van der Waals surface area contributed by atoms with E-state index in [4.69, 9.17) is 4.74 Å². The second-order valence-electron chi connectivity index (χ2n) is 7.74. The van der Waals surface area contributed by atoms with Crippen molar-refractivity contribution in [3.63, 3.8) is 0 Å². The first-order valence-electron chi connectivity index (χ1n) is 9.81. The standard InChI is InChI=1S/C22H20BrN3O5/c1-11-2-7-16-14(8-11)18-15(9-25(16)22-20(29)19(28)17(10-27)31-22)21(30)26(24-18)13-5-3-12(23)4-6-13/h2-9,17,19-20,22,27-29H,10H2,1H3/t17-,19-,20-,22-/m1/s1. The molecule has 2 aromatic rings. The molecule has 1 saturated heterocycles. The Balaban J connectivity index is 1.77. The van der Waals surface area contributed by atoms with Crippen LogP contribution in [0.4, 0.5) is 0 Å². The summed E-state index contributed by atoms with van der Waals surface area (Å²) in [6.45, 7) is 1.52. The van der Waals surface area contributed by atoms with Gasteiger partial charge in [-0.1, -0.05) is 27.6 Å². The van der Waals surface area contributed by atoms with E-state index < -0.39 is 31.1 Å². The van der Waals surface area contributed by atoms with Gasteiger partial charge >= 0.3 is 0 Å². The number of aliphatic hydroxyl groups is 3. The maximum Gasteiger partial charge on any atom is 0.282 e. The summed E-state index contributed by atoms with van der Waals surface area (Å²) in [5.74, 6) is 0. The maximum absolute atomic E-state index is 13.3. The van der Waals surface area contributed by atoms with Gasteiger partial charge in [-0.3, -0.25) is 4.79 Å². The van der Waals surface area contributed by atoms with Gasteiger partial charge in [0.2, 0.25) is 0 Å². The largest absolute Gasteiger partial charge is 0.394 e. The molecule has 0 bridgehead atoms. The zero-order valence-electron chi connectivity index (χ0n) is 16.5. The molecule has 0 spiro atoms. The van der Waals surface area contributed by atoms with Crippen LogP contribution in [0.15, 0.2) is 57.9 Å². The number of benzene rings is 2. The third-order valence-electron chi connectivity index (χ3n) is 5.69. The number of aliphatic hydroxyl groups excluding tert-OH is 3. The SMILES string of the molecule is Cc1ccc2c(c1)c1nn(-c3ccc(Br)cc3)c(=O)c-1cn2[C@@H]1O[C@H](CO)[C@@H](O)[C@H]1O. The van der Waals surface area contributed by atoms with E-state index >= 15 is 0 Å². The molecule has 8 nitrogen and oxygen atoms in total. The smallest absolute Gasteiger partial charge is 0.282 e. The Hall–Kier alpha value is -2.56. The van der Waals surface area contributed by atoms with Gasteiger partial charge in [0.1, 0.15) is 24.0 Å². The fraction of sp³-hybridized carbons (Fsp3) is 0.273. The van der Waals surface area contributed by atoms with Crippen LogP contribution in [0.5, 0.6) is 0 Å². The second kappa shape index (κ2) is 7.54. The molecule has 0 radical (unpaired) electrons. The summed E-state index contributed by atoms with van der Waals surface area (Å²) in [6.07, 6.45) is -2.78. The lowest BCUT2D eigenvalue weighted by molar-refractivity contribution is -0.0508. The molecule has 4 atom stereocenters. The number of aromatic nitrogens is 3. The number of halogens is 1. The van der Waals surface area contributed by atoms with Crippen molar-refractivity contribution in [3.8, 4) is 16.9 Å². The van der Waals surface area contributed by atoms with Gasteiger partial charge in [-0.05, 0) is 43.3 Å². The molecule has 9 heteroatoms. The molecule has 3 N–H and O–H groups in total. The van der Waals surface area contributed by atoms with Gasteiger partial charge < -0.3 is 24.6 Å².